The Bertz CT molecular complexity index is 655. The Balaban J connectivity index is 1.61. The Hall–Kier alpha value is -2.65. The van der Waals surface area contributed by atoms with E-state index in [0.717, 1.165) is 10.5 Å². The summed E-state index contributed by atoms with van der Waals surface area (Å²) in [6.45, 7) is 1.71. The highest BCUT2D eigenvalue weighted by molar-refractivity contribution is 5.91. The van der Waals surface area contributed by atoms with Gasteiger partial charge in [0.1, 0.15) is 12.6 Å². The Morgan fingerprint density at radius 3 is 2.75 bits per heavy atom. The molecule has 0 saturated carbocycles. The summed E-state index contributed by atoms with van der Waals surface area (Å²) < 4.78 is 5.11. The lowest BCUT2D eigenvalue weighted by Crippen LogP contribution is -2.59. The van der Waals surface area contributed by atoms with Crippen LogP contribution in [0.25, 0.3) is 0 Å². The average molecular weight is 392 g/mol. The van der Waals surface area contributed by atoms with Gasteiger partial charge in [0.05, 0.1) is 6.04 Å². The lowest BCUT2D eigenvalue weighted by atomic mass is 9.98. The van der Waals surface area contributed by atoms with Crippen LogP contribution in [0.15, 0.2) is 30.3 Å². The molecule has 1 aliphatic heterocycles. The molecule has 0 spiro atoms. The molecule has 9 nitrogen and oxygen atoms in total. The van der Waals surface area contributed by atoms with Crippen molar-refractivity contribution in [2.45, 2.75) is 38.0 Å². The molecule has 1 heterocycles. The second kappa shape index (κ2) is 11.3. The van der Waals surface area contributed by atoms with E-state index in [-0.39, 0.29) is 25.5 Å². The topological polar surface area (TPSA) is 134 Å². The molecule has 5 N–H and O–H groups in total. The van der Waals surface area contributed by atoms with Crippen molar-refractivity contribution in [3.8, 4) is 0 Å². The van der Waals surface area contributed by atoms with Gasteiger partial charge in [0.2, 0.25) is 0 Å². The first-order chi connectivity index (χ1) is 13.5. The average Bonchev–Trinajstić information content (AvgIpc) is 2.72. The van der Waals surface area contributed by atoms with Gasteiger partial charge in [-0.1, -0.05) is 30.3 Å². The molecule has 0 aliphatic carbocycles. The Morgan fingerprint density at radius 1 is 1.29 bits per heavy atom. The predicted octanol–water partition coefficient (Wildman–Crippen LogP) is 0.931. The minimum atomic E-state index is -1.11. The van der Waals surface area contributed by atoms with Crippen LogP contribution in [0.3, 0.4) is 0 Å². The summed E-state index contributed by atoms with van der Waals surface area (Å²) in [6.07, 6.45) is 0.121. The number of amides is 2. The van der Waals surface area contributed by atoms with Gasteiger partial charge in [0.25, 0.3) is 0 Å². The van der Waals surface area contributed by atoms with E-state index in [1.165, 1.54) is 0 Å². The minimum Gasteiger partial charge on any atom is -0.465 e. The fourth-order valence-electron chi connectivity index (χ4n) is 3.03. The SMILES string of the molecule is N[C@@H](CCCCNC(=O)OCc1ccccc1)C(=O)C1CNCCN1C(=O)O. The van der Waals surface area contributed by atoms with Gasteiger partial charge < -0.3 is 26.2 Å². The number of nitrogens with two attached hydrogens (primary N) is 1. The number of piperazine rings is 1. The molecule has 1 saturated heterocycles. The summed E-state index contributed by atoms with van der Waals surface area (Å²) >= 11 is 0. The Labute approximate surface area is 164 Å². The van der Waals surface area contributed by atoms with Gasteiger partial charge in [-0.25, -0.2) is 9.59 Å². The molecule has 1 fully saturated rings. The van der Waals surface area contributed by atoms with Gasteiger partial charge >= 0.3 is 12.2 Å². The number of ether oxygens (including phenoxy) is 1. The van der Waals surface area contributed by atoms with Crippen molar-refractivity contribution in [3.05, 3.63) is 35.9 Å². The summed E-state index contributed by atoms with van der Waals surface area (Å²) in [5.74, 6) is -0.273. The normalized spacial score (nSPS) is 17.6. The van der Waals surface area contributed by atoms with E-state index >= 15 is 0 Å². The lowest BCUT2D eigenvalue weighted by Gasteiger charge is -2.34. The monoisotopic (exact) mass is 392 g/mol. The van der Waals surface area contributed by atoms with Gasteiger partial charge in [-0.3, -0.25) is 9.69 Å². The molecular weight excluding hydrogens is 364 g/mol. The number of ketones is 1. The Kier molecular flexibility index (Phi) is 8.70. The maximum atomic E-state index is 12.4. The first-order valence-corrected chi connectivity index (χ1v) is 9.43. The molecule has 9 heteroatoms. The molecular formula is C19H28N4O5. The van der Waals surface area contributed by atoms with Gasteiger partial charge in [-0.2, -0.15) is 0 Å². The second-order valence-electron chi connectivity index (χ2n) is 6.69. The van der Waals surface area contributed by atoms with Gasteiger partial charge in [-0.05, 0) is 24.8 Å². The lowest BCUT2D eigenvalue weighted by molar-refractivity contribution is -0.125. The van der Waals surface area contributed by atoms with Crippen LogP contribution in [-0.4, -0.2) is 66.2 Å². The highest BCUT2D eigenvalue weighted by atomic mass is 16.5. The summed E-state index contributed by atoms with van der Waals surface area (Å²) in [6, 6.07) is 7.92. The molecule has 2 atom stereocenters. The van der Waals surface area contributed by atoms with Crippen molar-refractivity contribution in [3.63, 3.8) is 0 Å². The first-order valence-electron chi connectivity index (χ1n) is 9.43. The van der Waals surface area contributed by atoms with E-state index in [4.69, 9.17) is 10.5 Å². The van der Waals surface area contributed by atoms with Crippen LogP contribution in [0.4, 0.5) is 9.59 Å². The smallest absolute Gasteiger partial charge is 0.408 e. The van der Waals surface area contributed by atoms with Crippen LogP contribution in [0.5, 0.6) is 0 Å². The number of carbonyl (C=O) groups is 3. The third-order valence-corrected chi connectivity index (χ3v) is 4.61. The number of Topliss-reactive ketones (excluding diaryl/α,β-unsaturated/α-hetero) is 1. The molecule has 28 heavy (non-hydrogen) atoms. The number of benzene rings is 1. The Morgan fingerprint density at radius 2 is 2.04 bits per heavy atom. The van der Waals surface area contributed by atoms with Crippen molar-refractivity contribution in [2.24, 2.45) is 5.73 Å². The van der Waals surface area contributed by atoms with Crippen LogP contribution in [0.1, 0.15) is 24.8 Å². The van der Waals surface area contributed by atoms with E-state index < -0.39 is 24.3 Å². The molecule has 0 aromatic heterocycles. The number of rotatable bonds is 9. The highest BCUT2D eigenvalue weighted by Gasteiger charge is 2.34. The number of alkyl carbamates (subject to hydrolysis) is 1. The second-order valence-corrected chi connectivity index (χ2v) is 6.69. The van der Waals surface area contributed by atoms with Gasteiger partial charge in [0, 0.05) is 26.2 Å². The van der Waals surface area contributed by atoms with Gasteiger partial charge in [0.15, 0.2) is 5.78 Å². The van der Waals surface area contributed by atoms with Crippen molar-refractivity contribution >= 4 is 18.0 Å². The van der Waals surface area contributed by atoms with Crippen LogP contribution in [-0.2, 0) is 16.1 Å². The maximum Gasteiger partial charge on any atom is 0.408 e. The predicted molar refractivity (Wildman–Crippen MR) is 103 cm³/mol. The molecule has 2 amide bonds. The number of hydrogen-bond acceptors (Lipinski definition) is 6. The van der Waals surface area contributed by atoms with Crippen molar-refractivity contribution < 1.29 is 24.2 Å². The van der Waals surface area contributed by atoms with E-state index in [2.05, 4.69) is 10.6 Å². The summed E-state index contributed by atoms with van der Waals surface area (Å²) in [7, 11) is 0. The molecule has 154 valence electrons. The van der Waals surface area contributed by atoms with Crippen LogP contribution >= 0.6 is 0 Å². The van der Waals surface area contributed by atoms with Crippen LogP contribution < -0.4 is 16.4 Å². The fraction of sp³-hybridized carbons (Fsp3) is 0.526. The summed E-state index contributed by atoms with van der Waals surface area (Å²) in [5.41, 5.74) is 6.87. The molecule has 1 aromatic rings. The van der Waals surface area contributed by atoms with Crippen molar-refractivity contribution in [1.82, 2.24) is 15.5 Å². The number of unbranched alkanes of at least 4 members (excludes halogenated alkanes) is 1. The fourth-order valence-corrected chi connectivity index (χ4v) is 3.03. The van der Waals surface area contributed by atoms with E-state index in [0.29, 0.717) is 32.4 Å². The standard InChI is InChI=1S/C19H28N4O5/c20-15(17(24)16-12-21-10-11-23(16)19(26)27)8-4-5-9-22-18(25)28-13-14-6-2-1-3-7-14/h1-3,6-7,15-16,21H,4-5,8-13,20H2,(H,22,25)(H,26,27)/t15-,16?/m0/s1. The number of nitrogens with one attached hydrogen (secondary N) is 2. The number of carboxylic acid groups (broad SMARTS) is 1. The zero-order chi connectivity index (χ0) is 20.4. The number of nitrogens with zero attached hydrogens (tertiary/aromatic N) is 1. The highest BCUT2D eigenvalue weighted by Crippen LogP contribution is 2.10. The van der Waals surface area contributed by atoms with E-state index in [1.807, 2.05) is 30.3 Å². The third-order valence-electron chi connectivity index (χ3n) is 4.61. The van der Waals surface area contributed by atoms with Crippen molar-refractivity contribution in [1.29, 1.82) is 0 Å². The van der Waals surface area contributed by atoms with Gasteiger partial charge in [-0.15, -0.1) is 0 Å². The molecule has 0 radical (unpaired) electrons. The summed E-state index contributed by atoms with van der Waals surface area (Å²) in [5, 5.41) is 14.9. The van der Waals surface area contributed by atoms with Crippen molar-refractivity contribution in [2.75, 3.05) is 26.2 Å². The van der Waals surface area contributed by atoms with Crippen LogP contribution in [0.2, 0.25) is 0 Å². The molecule has 1 aliphatic rings. The van der Waals surface area contributed by atoms with E-state index in [1.54, 1.807) is 0 Å². The summed E-state index contributed by atoms with van der Waals surface area (Å²) in [4.78, 5) is 36.5. The maximum absolute atomic E-state index is 12.4. The molecule has 1 aromatic carbocycles. The minimum absolute atomic E-state index is 0.210. The number of carbonyl (C=O) groups excluding carboxylic acids is 2. The number of hydrogen-bond donors (Lipinski definition) is 4. The molecule has 0 bridgehead atoms. The zero-order valence-corrected chi connectivity index (χ0v) is 15.8. The quantitative estimate of drug-likeness (QED) is 0.459. The molecule has 1 unspecified atom stereocenters. The largest absolute Gasteiger partial charge is 0.465 e. The van der Waals surface area contributed by atoms with E-state index in [9.17, 15) is 19.5 Å². The van der Waals surface area contributed by atoms with Crippen LogP contribution in [0, 0.1) is 0 Å². The first kappa shape index (κ1) is 21.6. The third kappa shape index (κ3) is 6.82. The molecule has 2 rings (SSSR count). The zero-order valence-electron chi connectivity index (χ0n) is 15.8.